The van der Waals surface area contributed by atoms with Gasteiger partial charge < -0.3 is 24.1 Å². The number of hydrogen-bond acceptors (Lipinski definition) is 8. The van der Waals surface area contributed by atoms with Gasteiger partial charge in [0.1, 0.15) is 23.3 Å². The number of carbonyl (C=O) groups is 2. The van der Waals surface area contributed by atoms with Gasteiger partial charge in [-0.25, -0.2) is 14.5 Å². The minimum Gasteiger partial charge on any atom is -0.465 e. The van der Waals surface area contributed by atoms with Gasteiger partial charge in [0, 0.05) is 23.9 Å². The number of fused-ring (bicyclic) bond motifs is 2. The molecule has 1 N–H and O–H groups in total. The fraction of sp³-hybridized carbons (Fsp3) is 0.208. The quantitative estimate of drug-likeness (QED) is 0.364. The molecule has 5 rings (SSSR count). The first kappa shape index (κ1) is 25.1. The predicted molar refractivity (Wildman–Crippen MR) is 131 cm³/mol. The monoisotopic (exact) mass is 545 g/mol. The molecule has 1 amide bonds. The third-order valence-electron chi connectivity index (χ3n) is 5.78. The molecule has 2 aromatic heterocycles. The van der Waals surface area contributed by atoms with E-state index in [4.69, 9.17) is 16.3 Å². The van der Waals surface area contributed by atoms with E-state index in [0.717, 1.165) is 4.68 Å². The Kier molecular flexibility index (Phi) is 6.23. The third-order valence-corrected chi connectivity index (χ3v) is 6.09. The molecule has 11 nitrogen and oxygen atoms in total. The molecule has 0 radical (unpaired) electrons. The zero-order valence-electron chi connectivity index (χ0n) is 19.8. The molecule has 0 fully saturated rings. The summed E-state index contributed by atoms with van der Waals surface area (Å²) < 4.78 is 41.4. The molecule has 196 valence electrons. The van der Waals surface area contributed by atoms with Gasteiger partial charge in [0.25, 0.3) is 5.56 Å². The number of nitrogens with one attached hydrogen (secondary N) is 1. The smallest absolute Gasteiger partial charge is 0.465 e. The standard InChI is InChI=1S/C24H18ClF2N5O6/c1-3-31(13-5-7-16-17(9-13)38-24(26,27)37-16)18(33)10-32-22(34)21-20(28-11-29-21)19(30-32)12-4-6-14(15(25)8-12)23(35)36-2/h4-9,11H,3,10H2,1-2H3,(H,28,29). The third kappa shape index (κ3) is 4.41. The van der Waals surface area contributed by atoms with Crippen molar-refractivity contribution in [1.82, 2.24) is 19.7 Å². The lowest BCUT2D eigenvalue weighted by atomic mass is 10.1. The van der Waals surface area contributed by atoms with Crippen molar-refractivity contribution in [2.45, 2.75) is 19.8 Å². The first-order valence-electron chi connectivity index (χ1n) is 11.1. The number of carbonyl (C=O) groups excluding carboxylic acids is 2. The van der Waals surface area contributed by atoms with Crippen molar-refractivity contribution in [3.05, 3.63) is 63.7 Å². The molecule has 3 heterocycles. The molecular weight excluding hydrogens is 528 g/mol. The molecule has 4 aromatic rings. The maximum absolute atomic E-state index is 13.4. The van der Waals surface area contributed by atoms with Crippen LogP contribution in [-0.4, -0.2) is 51.6 Å². The largest absolute Gasteiger partial charge is 0.586 e. The summed E-state index contributed by atoms with van der Waals surface area (Å²) in [6.07, 6.45) is -2.48. The van der Waals surface area contributed by atoms with E-state index in [1.54, 1.807) is 13.0 Å². The van der Waals surface area contributed by atoms with Gasteiger partial charge >= 0.3 is 12.3 Å². The number of esters is 1. The Morgan fingerprint density at radius 3 is 2.66 bits per heavy atom. The van der Waals surface area contributed by atoms with Crippen molar-refractivity contribution >= 4 is 40.2 Å². The highest BCUT2D eigenvalue weighted by molar-refractivity contribution is 6.34. The topological polar surface area (TPSA) is 129 Å². The molecule has 0 unspecified atom stereocenters. The fourth-order valence-electron chi connectivity index (χ4n) is 4.04. The van der Waals surface area contributed by atoms with Crippen LogP contribution in [0.1, 0.15) is 17.3 Å². The van der Waals surface area contributed by atoms with Crippen LogP contribution in [0.2, 0.25) is 5.02 Å². The second-order valence-corrected chi connectivity index (χ2v) is 8.47. The highest BCUT2D eigenvalue weighted by Gasteiger charge is 2.43. The van der Waals surface area contributed by atoms with E-state index in [1.165, 1.54) is 48.7 Å². The lowest BCUT2D eigenvalue weighted by Gasteiger charge is -2.21. The van der Waals surface area contributed by atoms with Gasteiger partial charge in [-0.1, -0.05) is 17.7 Å². The maximum atomic E-state index is 13.4. The summed E-state index contributed by atoms with van der Waals surface area (Å²) in [6, 6.07) is 8.43. The van der Waals surface area contributed by atoms with Crippen LogP contribution in [0.15, 0.2) is 47.5 Å². The van der Waals surface area contributed by atoms with Gasteiger partial charge in [0.05, 0.1) is 24.0 Å². The predicted octanol–water partition coefficient (Wildman–Crippen LogP) is 3.60. The maximum Gasteiger partial charge on any atom is 0.586 e. The molecule has 0 atom stereocenters. The minimum absolute atomic E-state index is 0.0965. The number of hydrogen-bond donors (Lipinski definition) is 1. The lowest BCUT2D eigenvalue weighted by Crippen LogP contribution is -2.37. The van der Waals surface area contributed by atoms with Crippen LogP contribution in [0, 0.1) is 0 Å². The molecule has 1 aliphatic rings. The fourth-order valence-corrected chi connectivity index (χ4v) is 4.30. The van der Waals surface area contributed by atoms with Gasteiger partial charge in [0.15, 0.2) is 11.5 Å². The zero-order chi connectivity index (χ0) is 27.2. The van der Waals surface area contributed by atoms with Crippen LogP contribution >= 0.6 is 11.6 Å². The first-order chi connectivity index (χ1) is 18.1. The van der Waals surface area contributed by atoms with Crippen LogP contribution in [0.3, 0.4) is 0 Å². The number of benzene rings is 2. The highest BCUT2D eigenvalue weighted by atomic mass is 35.5. The second-order valence-electron chi connectivity index (χ2n) is 8.06. The first-order valence-corrected chi connectivity index (χ1v) is 11.5. The lowest BCUT2D eigenvalue weighted by molar-refractivity contribution is -0.286. The van der Waals surface area contributed by atoms with Crippen LogP contribution in [0.25, 0.3) is 22.3 Å². The average Bonchev–Trinajstić information content (AvgIpc) is 3.49. The Morgan fingerprint density at radius 1 is 1.18 bits per heavy atom. The van der Waals surface area contributed by atoms with Crippen LogP contribution in [0.5, 0.6) is 11.5 Å². The second kappa shape index (κ2) is 9.41. The number of imidazole rings is 1. The minimum atomic E-state index is -3.80. The van der Waals surface area contributed by atoms with Crippen molar-refractivity contribution < 1.29 is 32.6 Å². The summed E-state index contributed by atoms with van der Waals surface area (Å²) in [5.41, 5.74) is 0.811. The number of aromatic nitrogens is 4. The number of methoxy groups -OCH3 is 1. The van der Waals surface area contributed by atoms with E-state index in [0.29, 0.717) is 5.56 Å². The Labute approximate surface area is 217 Å². The van der Waals surface area contributed by atoms with Crippen LogP contribution in [-0.2, 0) is 16.1 Å². The molecule has 0 saturated heterocycles. The van der Waals surface area contributed by atoms with Crippen molar-refractivity contribution in [3.63, 3.8) is 0 Å². The molecular formula is C24H18ClF2N5O6. The molecule has 0 aliphatic carbocycles. The molecule has 2 aromatic carbocycles. The van der Waals surface area contributed by atoms with Crippen LogP contribution < -0.4 is 19.9 Å². The molecule has 0 bridgehead atoms. The van der Waals surface area contributed by atoms with Gasteiger partial charge in [-0.15, -0.1) is 8.78 Å². The van der Waals surface area contributed by atoms with Crippen molar-refractivity contribution in [2.24, 2.45) is 0 Å². The average molecular weight is 546 g/mol. The number of anilines is 1. The number of H-pyrrole nitrogens is 1. The molecule has 1 aliphatic heterocycles. The van der Waals surface area contributed by atoms with E-state index in [9.17, 15) is 23.2 Å². The van der Waals surface area contributed by atoms with Gasteiger partial charge in [-0.2, -0.15) is 5.10 Å². The Hall–Kier alpha value is -4.52. The summed E-state index contributed by atoms with van der Waals surface area (Å²) in [4.78, 5) is 46.5. The summed E-state index contributed by atoms with van der Waals surface area (Å²) >= 11 is 6.27. The number of amides is 1. The van der Waals surface area contributed by atoms with Gasteiger partial charge in [0.2, 0.25) is 5.91 Å². The number of ether oxygens (including phenoxy) is 3. The normalized spacial score (nSPS) is 13.5. The summed E-state index contributed by atoms with van der Waals surface area (Å²) in [7, 11) is 1.23. The number of rotatable bonds is 6. The van der Waals surface area contributed by atoms with E-state index in [-0.39, 0.29) is 51.0 Å². The van der Waals surface area contributed by atoms with E-state index in [2.05, 4.69) is 24.5 Å². The summed E-state index contributed by atoms with van der Waals surface area (Å²) in [5.74, 6) is -1.55. The molecule has 38 heavy (non-hydrogen) atoms. The van der Waals surface area contributed by atoms with E-state index < -0.39 is 30.3 Å². The molecule has 0 saturated carbocycles. The van der Waals surface area contributed by atoms with Crippen molar-refractivity contribution in [1.29, 1.82) is 0 Å². The van der Waals surface area contributed by atoms with Gasteiger partial charge in [-0.05, 0) is 31.2 Å². The Balaban J connectivity index is 1.50. The van der Waals surface area contributed by atoms with Crippen molar-refractivity contribution in [3.8, 4) is 22.8 Å². The summed E-state index contributed by atoms with van der Waals surface area (Å²) in [6.45, 7) is 1.36. The summed E-state index contributed by atoms with van der Waals surface area (Å²) in [5, 5.41) is 4.46. The molecule has 14 heteroatoms. The Bertz CT molecular complexity index is 1650. The SMILES string of the molecule is CCN(C(=O)Cn1nc(-c2ccc(C(=O)OC)c(Cl)c2)c2nc[nH]c2c1=O)c1ccc2c(c1)OC(F)(F)O2. The number of aromatic amines is 1. The van der Waals surface area contributed by atoms with Crippen molar-refractivity contribution in [2.75, 3.05) is 18.6 Å². The van der Waals surface area contributed by atoms with Crippen LogP contribution in [0.4, 0.5) is 14.5 Å². The number of alkyl halides is 2. The number of nitrogens with zero attached hydrogens (tertiary/aromatic N) is 4. The number of likely N-dealkylation sites (N-methyl/N-ethyl adjacent to an activating group) is 1. The Morgan fingerprint density at radius 2 is 1.95 bits per heavy atom. The van der Waals surface area contributed by atoms with Gasteiger partial charge in [-0.3, -0.25) is 9.59 Å². The molecule has 0 spiro atoms. The highest BCUT2D eigenvalue weighted by Crippen LogP contribution is 2.42. The zero-order valence-corrected chi connectivity index (χ0v) is 20.6. The van der Waals surface area contributed by atoms with E-state index >= 15 is 0 Å². The number of halogens is 3. The van der Waals surface area contributed by atoms with E-state index in [1.807, 2.05) is 0 Å².